The van der Waals surface area contributed by atoms with Crippen LogP contribution in [-0.4, -0.2) is 90.4 Å². The predicted octanol–water partition coefficient (Wildman–Crippen LogP) is 0.979. The molecule has 1 saturated heterocycles. The first kappa shape index (κ1) is 22.5. The van der Waals surface area contributed by atoms with Gasteiger partial charge in [0.1, 0.15) is 5.60 Å². The SMILES string of the molecule is COCCN(C(=O)c1n[nH]c2c1CN(C(=O)OC(C)(C)C)CC2)C1CCS(=O)(=O)C1. The first-order chi connectivity index (χ1) is 14.0. The molecule has 168 valence electrons. The molecule has 0 aromatic carbocycles. The number of rotatable bonds is 5. The van der Waals surface area contributed by atoms with E-state index in [0.717, 1.165) is 5.69 Å². The maximum atomic E-state index is 13.3. The zero-order valence-electron chi connectivity index (χ0n) is 17.9. The van der Waals surface area contributed by atoms with E-state index in [4.69, 9.17) is 9.47 Å². The van der Waals surface area contributed by atoms with Crippen LogP contribution >= 0.6 is 0 Å². The number of aromatic amines is 1. The molecule has 10 nitrogen and oxygen atoms in total. The fourth-order valence-electron chi connectivity index (χ4n) is 3.75. The zero-order valence-corrected chi connectivity index (χ0v) is 18.8. The topological polar surface area (TPSA) is 122 Å². The Kier molecular flexibility index (Phi) is 6.42. The Bertz CT molecular complexity index is 905. The summed E-state index contributed by atoms with van der Waals surface area (Å²) < 4.78 is 34.5. The van der Waals surface area contributed by atoms with Gasteiger partial charge in [-0.25, -0.2) is 13.2 Å². The van der Waals surface area contributed by atoms with Crippen molar-refractivity contribution < 1.29 is 27.5 Å². The molecule has 0 radical (unpaired) electrons. The number of methoxy groups -OCH3 is 1. The highest BCUT2D eigenvalue weighted by atomic mass is 32.2. The van der Waals surface area contributed by atoms with Crippen molar-refractivity contribution in [1.82, 2.24) is 20.0 Å². The highest BCUT2D eigenvalue weighted by Gasteiger charge is 2.37. The predicted molar refractivity (Wildman–Crippen MR) is 109 cm³/mol. The van der Waals surface area contributed by atoms with Crippen LogP contribution in [0.15, 0.2) is 0 Å². The number of carbonyl (C=O) groups is 2. The molecule has 1 N–H and O–H groups in total. The molecule has 0 saturated carbocycles. The lowest BCUT2D eigenvalue weighted by Gasteiger charge is -2.31. The van der Waals surface area contributed by atoms with Crippen molar-refractivity contribution in [3.8, 4) is 0 Å². The van der Waals surface area contributed by atoms with Crippen LogP contribution in [0, 0.1) is 0 Å². The molecule has 3 rings (SSSR count). The van der Waals surface area contributed by atoms with E-state index in [1.807, 2.05) is 0 Å². The number of fused-ring (bicyclic) bond motifs is 1. The van der Waals surface area contributed by atoms with Gasteiger partial charge < -0.3 is 19.3 Å². The molecule has 11 heteroatoms. The molecular formula is C19H30N4O6S. The van der Waals surface area contributed by atoms with Gasteiger partial charge in [0.2, 0.25) is 0 Å². The number of nitrogens with one attached hydrogen (secondary N) is 1. The Morgan fingerprint density at radius 1 is 1.33 bits per heavy atom. The molecule has 0 bridgehead atoms. The maximum Gasteiger partial charge on any atom is 0.410 e. The summed E-state index contributed by atoms with van der Waals surface area (Å²) in [5, 5.41) is 7.12. The number of carbonyl (C=O) groups excluding carboxylic acids is 2. The third kappa shape index (κ3) is 5.12. The fraction of sp³-hybridized carbons (Fsp3) is 0.737. The Labute approximate surface area is 176 Å². The minimum Gasteiger partial charge on any atom is -0.444 e. The minimum atomic E-state index is -3.15. The summed E-state index contributed by atoms with van der Waals surface area (Å²) in [7, 11) is -1.62. The van der Waals surface area contributed by atoms with Crippen molar-refractivity contribution in [3.63, 3.8) is 0 Å². The molecule has 2 aliphatic heterocycles. The Morgan fingerprint density at radius 2 is 2.07 bits per heavy atom. The zero-order chi connectivity index (χ0) is 22.1. The highest BCUT2D eigenvalue weighted by molar-refractivity contribution is 7.91. The molecule has 1 aromatic heterocycles. The van der Waals surface area contributed by atoms with Gasteiger partial charge in [-0.3, -0.25) is 9.89 Å². The van der Waals surface area contributed by atoms with E-state index in [2.05, 4.69) is 10.2 Å². The van der Waals surface area contributed by atoms with Crippen molar-refractivity contribution in [1.29, 1.82) is 0 Å². The molecule has 1 atom stereocenters. The van der Waals surface area contributed by atoms with Crippen LogP contribution in [0.25, 0.3) is 0 Å². The molecule has 0 aliphatic carbocycles. The van der Waals surface area contributed by atoms with Crippen molar-refractivity contribution in [2.24, 2.45) is 0 Å². The molecule has 1 aromatic rings. The number of nitrogens with zero attached hydrogens (tertiary/aromatic N) is 3. The number of sulfone groups is 1. The second kappa shape index (κ2) is 8.54. The Hall–Kier alpha value is -2.14. The van der Waals surface area contributed by atoms with E-state index in [-0.39, 0.29) is 36.2 Å². The lowest BCUT2D eigenvalue weighted by Crippen LogP contribution is -2.44. The number of aromatic nitrogens is 2. The fourth-order valence-corrected chi connectivity index (χ4v) is 5.48. The highest BCUT2D eigenvalue weighted by Crippen LogP contribution is 2.25. The van der Waals surface area contributed by atoms with Gasteiger partial charge in [0, 0.05) is 43.9 Å². The molecule has 1 fully saturated rings. The van der Waals surface area contributed by atoms with Gasteiger partial charge >= 0.3 is 6.09 Å². The molecular weight excluding hydrogens is 412 g/mol. The van der Waals surface area contributed by atoms with Crippen LogP contribution < -0.4 is 0 Å². The average Bonchev–Trinajstić information content (AvgIpc) is 3.23. The molecule has 30 heavy (non-hydrogen) atoms. The summed E-state index contributed by atoms with van der Waals surface area (Å²) in [6.07, 6.45) is 0.491. The van der Waals surface area contributed by atoms with Gasteiger partial charge in [-0.1, -0.05) is 0 Å². The number of H-pyrrole nitrogens is 1. The van der Waals surface area contributed by atoms with Crippen LogP contribution in [-0.2, 0) is 32.3 Å². The standard InChI is InChI=1S/C19H30N4O6S/c1-19(2,3)29-18(25)22-7-5-15-14(11-22)16(21-20-15)17(24)23(8-9-28-4)13-6-10-30(26,27)12-13/h13H,5-12H2,1-4H3,(H,20,21). The van der Waals surface area contributed by atoms with Gasteiger partial charge in [0.05, 0.1) is 24.7 Å². The second-order valence-electron chi connectivity index (χ2n) is 8.73. The van der Waals surface area contributed by atoms with E-state index in [1.54, 1.807) is 25.7 Å². The first-order valence-corrected chi connectivity index (χ1v) is 11.9. The smallest absolute Gasteiger partial charge is 0.410 e. The van der Waals surface area contributed by atoms with Crippen LogP contribution in [0.1, 0.15) is 48.9 Å². The number of hydrogen-bond acceptors (Lipinski definition) is 7. The molecule has 2 amide bonds. The van der Waals surface area contributed by atoms with Crippen molar-refractivity contribution in [2.45, 2.75) is 51.8 Å². The normalized spacial score (nSPS) is 20.7. The lowest BCUT2D eigenvalue weighted by atomic mass is 10.0. The van der Waals surface area contributed by atoms with Crippen molar-refractivity contribution in [2.75, 3.05) is 38.3 Å². The summed E-state index contributed by atoms with van der Waals surface area (Å²) in [6, 6.07) is -0.407. The summed E-state index contributed by atoms with van der Waals surface area (Å²) in [5.74, 6) is -0.337. The van der Waals surface area contributed by atoms with Crippen LogP contribution in [0.3, 0.4) is 0 Å². The molecule has 1 unspecified atom stereocenters. The second-order valence-corrected chi connectivity index (χ2v) is 11.0. The van der Waals surface area contributed by atoms with Crippen LogP contribution in [0.5, 0.6) is 0 Å². The number of ether oxygens (including phenoxy) is 2. The van der Waals surface area contributed by atoms with Crippen molar-refractivity contribution >= 4 is 21.8 Å². The van der Waals surface area contributed by atoms with E-state index in [0.29, 0.717) is 31.6 Å². The van der Waals surface area contributed by atoms with Crippen LogP contribution in [0.2, 0.25) is 0 Å². The van der Waals surface area contributed by atoms with Crippen LogP contribution in [0.4, 0.5) is 4.79 Å². The van der Waals surface area contributed by atoms with Crippen molar-refractivity contribution in [3.05, 3.63) is 17.0 Å². The summed E-state index contributed by atoms with van der Waals surface area (Å²) in [5.41, 5.74) is 1.07. The maximum absolute atomic E-state index is 13.3. The largest absolute Gasteiger partial charge is 0.444 e. The first-order valence-electron chi connectivity index (χ1n) is 10.0. The van der Waals surface area contributed by atoms with E-state index in [1.165, 1.54) is 12.0 Å². The minimum absolute atomic E-state index is 0.0564. The van der Waals surface area contributed by atoms with Gasteiger partial charge in [-0.05, 0) is 27.2 Å². The molecule has 2 aliphatic rings. The number of amides is 2. The van der Waals surface area contributed by atoms with Gasteiger partial charge in [0.25, 0.3) is 5.91 Å². The quantitative estimate of drug-likeness (QED) is 0.721. The van der Waals surface area contributed by atoms with Gasteiger partial charge in [-0.15, -0.1) is 0 Å². The van der Waals surface area contributed by atoms with E-state index >= 15 is 0 Å². The number of hydrogen-bond donors (Lipinski definition) is 1. The summed E-state index contributed by atoms with van der Waals surface area (Å²) in [6.45, 7) is 6.64. The lowest BCUT2D eigenvalue weighted by molar-refractivity contribution is 0.0221. The van der Waals surface area contributed by atoms with E-state index < -0.39 is 27.6 Å². The monoisotopic (exact) mass is 442 g/mol. The molecule has 3 heterocycles. The Balaban J connectivity index is 1.81. The van der Waals surface area contributed by atoms with E-state index in [9.17, 15) is 18.0 Å². The third-order valence-corrected chi connectivity index (χ3v) is 6.98. The summed E-state index contributed by atoms with van der Waals surface area (Å²) >= 11 is 0. The average molecular weight is 443 g/mol. The third-order valence-electron chi connectivity index (χ3n) is 5.23. The van der Waals surface area contributed by atoms with Gasteiger partial charge in [0.15, 0.2) is 15.5 Å². The molecule has 0 spiro atoms. The van der Waals surface area contributed by atoms with Gasteiger partial charge in [-0.2, -0.15) is 5.10 Å². The Morgan fingerprint density at radius 3 is 2.67 bits per heavy atom. The summed E-state index contributed by atoms with van der Waals surface area (Å²) in [4.78, 5) is 28.9.